The SMILES string of the molecule is CN(C)C(=O)CS(=O)(=O)Cc1cc(F)ccc1N. The highest BCUT2D eigenvalue weighted by molar-refractivity contribution is 7.91. The van der Waals surface area contributed by atoms with E-state index in [-0.39, 0.29) is 11.3 Å². The predicted molar refractivity (Wildman–Crippen MR) is 67.0 cm³/mol. The van der Waals surface area contributed by atoms with E-state index in [1.807, 2.05) is 0 Å². The molecule has 0 radical (unpaired) electrons. The lowest BCUT2D eigenvalue weighted by molar-refractivity contribution is -0.125. The van der Waals surface area contributed by atoms with Crippen LogP contribution in [0.15, 0.2) is 18.2 Å². The number of carbonyl (C=O) groups is 1. The first-order chi connectivity index (χ1) is 8.21. The van der Waals surface area contributed by atoms with Gasteiger partial charge in [0.25, 0.3) is 0 Å². The first-order valence-electron chi connectivity index (χ1n) is 5.16. The molecule has 0 aliphatic heterocycles. The van der Waals surface area contributed by atoms with Gasteiger partial charge in [-0.15, -0.1) is 0 Å². The molecule has 1 aromatic carbocycles. The van der Waals surface area contributed by atoms with Gasteiger partial charge >= 0.3 is 0 Å². The summed E-state index contributed by atoms with van der Waals surface area (Å²) in [6.45, 7) is 0. The fraction of sp³-hybridized carbons (Fsp3) is 0.364. The number of rotatable bonds is 4. The molecule has 0 saturated carbocycles. The molecule has 2 N–H and O–H groups in total. The quantitative estimate of drug-likeness (QED) is 0.806. The fourth-order valence-electron chi connectivity index (χ4n) is 1.30. The molecule has 0 bridgehead atoms. The van der Waals surface area contributed by atoms with Crippen LogP contribution in [0.25, 0.3) is 0 Å². The van der Waals surface area contributed by atoms with Crippen LogP contribution < -0.4 is 5.73 Å². The van der Waals surface area contributed by atoms with Gasteiger partial charge in [-0.3, -0.25) is 4.79 Å². The van der Waals surface area contributed by atoms with Crippen LogP contribution in [0.1, 0.15) is 5.56 Å². The molecule has 0 unspecified atom stereocenters. The van der Waals surface area contributed by atoms with Crippen molar-refractivity contribution in [2.24, 2.45) is 0 Å². The number of sulfone groups is 1. The summed E-state index contributed by atoms with van der Waals surface area (Å²) in [4.78, 5) is 12.5. The number of hydrogen-bond acceptors (Lipinski definition) is 4. The molecule has 0 atom stereocenters. The molecule has 0 aliphatic rings. The lowest BCUT2D eigenvalue weighted by Crippen LogP contribution is -2.29. The Morgan fingerprint density at radius 2 is 2.00 bits per heavy atom. The van der Waals surface area contributed by atoms with E-state index >= 15 is 0 Å². The molecule has 1 rings (SSSR count). The third-order valence-corrected chi connectivity index (χ3v) is 3.76. The van der Waals surface area contributed by atoms with E-state index in [0.717, 1.165) is 12.1 Å². The van der Waals surface area contributed by atoms with E-state index in [1.165, 1.54) is 25.1 Å². The van der Waals surface area contributed by atoms with Crippen LogP contribution >= 0.6 is 0 Å². The van der Waals surface area contributed by atoms with Crippen molar-refractivity contribution >= 4 is 21.4 Å². The van der Waals surface area contributed by atoms with Crippen molar-refractivity contribution in [1.29, 1.82) is 0 Å². The first-order valence-corrected chi connectivity index (χ1v) is 6.98. The molecule has 0 saturated heterocycles. The summed E-state index contributed by atoms with van der Waals surface area (Å²) in [7, 11) is -0.723. The van der Waals surface area contributed by atoms with Crippen molar-refractivity contribution in [1.82, 2.24) is 4.90 Å². The highest BCUT2D eigenvalue weighted by atomic mass is 32.2. The van der Waals surface area contributed by atoms with Crippen molar-refractivity contribution in [3.8, 4) is 0 Å². The number of benzene rings is 1. The Morgan fingerprint density at radius 3 is 2.56 bits per heavy atom. The summed E-state index contributed by atoms with van der Waals surface area (Å²) in [5, 5.41) is 0. The number of nitrogen functional groups attached to an aromatic ring is 1. The number of amides is 1. The summed E-state index contributed by atoms with van der Waals surface area (Å²) in [5.74, 6) is -2.15. The Kier molecular flexibility index (Phi) is 4.28. The van der Waals surface area contributed by atoms with Crippen LogP contribution in [-0.4, -0.2) is 39.1 Å². The van der Waals surface area contributed by atoms with Gasteiger partial charge in [0.2, 0.25) is 5.91 Å². The Bertz CT molecular complexity index is 555. The molecule has 5 nitrogen and oxygen atoms in total. The second kappa shape index (κ2) is 5.34. The topological polar surface area (TPSA) is 80.5 Å². The number of nitrogens with zero attached hydrogens (tertiary/aromatic N) is 1. The van der Waals surface area contributed by atoms with Crippen LogP contribution in [0.2, 0.25) is 0 Å². The minimum absolute atomic E-state index is 0.168. The average molecular weight is 274 g/mol. The van der Waals surface area contributed by atoms with Crippen molar-refractivity contribution < 1.29 is 17.6 Å². The van der Waals surface area contributed by atoms with E-state index in [9.17, 15) is 17.6 Å². The van der Waals surface area contributed by atoms with Gasteiger partial charge in [0.05, 0.1) is 5.75 Å². The third kappa shape index (κ3) is 3.99. The van der Waals surface area contributed by atoms with Crippen LogP contribution in [-0.2, 0) is 20.4 Å². The lowest BCUT2D eigenvalue weighted by Gasteiger charge is -2.11. The van der Waals surface area contributed by atoms with E-state index < -0.39 is 33.1 Å². The monoisotopic (exact) mass is 274 g/mol. The highest BCUT2D eigenvalue weighted by Gasteiger charge is 2.20. The molecule has 100 valence electrons. The number of nitrogens with two attached hydrogens (primary N) is 1. The van der Waals surface area contributed by atoms with Crippen LogP contribution in [0.5, 0.6) is 0 Å². The van der Waals surface area contributed by atoms with Crippen molar-refractivity contribution in [2.45, 2.75) is 5.75 Å². The Morgan fingerprint density at radius 1 is 1.39 bits per heavy atom. The summed E-state index contributed by atoms with van der Waals surface area (Å²) < 4.78 is 36.5. The summed E-state index contributed by atoms with van der Waals surface area (Å²) >= 11 is 0. The first kappa shape index (κ1) is 14.4. The molecule has 0 fully saturated rings. The fourth-order valence-corrected chi connectivity index (χ4v) is 2.76. The van der Waals surface area contributed by atoms with Gasteiger partial charge in [0, 0.05) is 19.8 Å². The molecule has 1 amide bonds. The molecule has 0 heterocycles. The van der Waals surface area contributed by atoms with Crippen molar-refractivity contribution in [3.63, 3.8) is 0 Å². The maximum atomic E-state index is 13.0. The Hall–Kier alpha value is -1.63. The minimum atomic E-state index is -3.66. The van der Waals surface area contributed by atoms with Gasteiger partial charge in [-0.1, -0.05) is 0 Å². The van der Waals surface area contributed by atoms with Gasteiger partial charge in [0.15, 0.2) is 9.84 Å². The molecule has 0 spiro atoms. The van der Waals surface area contributed by atoms with Crippen molar-refractivity contribution in [2.75, 3.05) is 25.6 Å². The molecule has 0 aromatic heterocycles. The molecule has 7 heteroatoms. The second-order valence-electron chi connectivity index (χ2n) is 4.16. The normalized spacial score (nSPS) is 11.3. The van der Waals surface area contributed by atoms with Crippen LogP contribution in [0, 0.1) is 5.82 Å². The summed E-state index contributed by atoms with van der Waals surface area (Å²) in [6.07, 6.45) is 0. The Labute approximate surface area is 105 Å². The maximum absolute atomic E-state index is 13.0. The van der Waals surface area contributed by atoms with Gasteiger partial charge in [0.1, 0.15) is 11.6 Å². The van der Waals surface area contributed by atoms with Gasteiger partial charge < -0.3 is 10.6 Å². The zero-order valence-electron chi connectivity index (χ0n) is 10.2. The summed E-state index contributed by atoms with van der Waals surface area (Å²) in [6, 6.07) is 3.51. The van der Waals surface area contributed by atoms with Gasteiger partial charge in [-0.05, 0) is 23.8 Å². The molecule has 18 heavy (non-hydrogen) atoms. The standard InChI is InChI=1S/C11H15FN2O3S/c1-14(2)11(15)7-18(16,17)6-8-5-9(12)3-4-10(8)13/h3-5H,6-7,13H2,1-2H3. The van der Waals surface area contributed by atoms with E-state index in [1.54, 1.807) is 0 Å². The molecular weight excluding hydrogens is 259 g/mol. The number of hydrogen-bond donors (Lipinski definition) is 1. The number of anilines is 1. The lowest BCUT2D eigenvalue weighted by atomic mass is 10.2. The largest absolute Gasteiger partial charge is 0.398 e. The molecule has 1 aromatic rings. The van der Waals surface area contributed by atoms with Gasteiger partial charge in [-0.2, -0.15) is 0 Å². The van der Waals surface area contributed by atoms with Crippen LogP contribution in [0.4, 0.5) is 10.1 Å². The number of carbonyl (C=O) groups excluding carboxylic acids is 1. The molecular formula is C11H15FN2O3S. The second-order valence-corrected chi connectivity index (χ2v) is 6.23. The third-order valence-electron chi connectivity index (χ3n) is 2.32. The maximum Gasteiger partial charge on any atom is 0.237 e. The predicted octanol–water partition coefficient (Wildman–Crippen LogP) is 0.411. The highest BCUT2D eigenvalue weighted by Crippen LogP contribution is 2.16. The smallest absolute Gasteiger partial charge is 0.237 e. The van der Waals surface area contributed by atoms with E-state index in [2.05, 4.69) is 0 Å². The van der Waals surface area contributed by atoms with Crippen LogP contribution in [0.3, 0.4) is 0 Å². The van der Waals surface area contributed by atoms with E-state index in [0.29, 0.717) is 0 Å². The minimum Gasteiger partial charge on any atom is -0.398 e. The van der Waals surface area contributed by atoms with Crippen molar-refractivity contribution in [3.05, 3.63) is 29.6 Å². The Balaban J connectivity index is 2.89. The number of halogens is 1. The van der Waals surface area contributed by atoms with E-state index in [4.69, 9.17) is 5.73 Å². The molecule has 0 aliphatic carbocycles. The zero-order valence-corrected chi connectivity index (χ0v) is 11.0. The zero-order chi connectivity index (χ0) is 13.9. The van der Waals surface area contributed by atoms with Gasteiger partial charge in [-0.25, -0.2) is 12.8 Å². The average Bonchev–Trinajstić information content (AvgIpc) is 2.22. The summed E-state index contributed by atoms with van der Waals surface area (Å²) in [5.41, 5.74) is 5.92.